The lowest BCUT2D eigenvalue weighted by molar-refractivity contribution is -0.141. The van der Waals surface area contributed by atoms with Crippen LogP contribution in [0.4, 0.5) is 0 Å². The molecule has 1 amide bonds. The van der Waals surface area contributed by atoms with Crippen LogP contribution in [-0.2, 0) is 14.3 Å². The van der Waals surface area contributed by atoms with E-state index < -0.39 is 6.10 Å². The zero-order chi connectivity index (χ0) is 14.1. The van der Waals surface area contributed by atoms with E-state index in [2.05, 4.69) is 5.32 Å². The average Bonchev–Trinajstić information content (AvgIpc) is 2.92. The number of aliphatic hydroxyl groups excluding tert-OH is 1. The summed E-state index contributed by atoms with van der Waals surface area (Å²) in [5, 5.41) is 13.0. The molecule has 4 atom stereocenters. The molecular weight excluding hydrogens is 258 g/mol. The highest BCUT2D eigenvalue weighted by Gasteiger charge is 2.49. The monoisotopic (exact) mass is 281 g/mol. The molecule has 3 rings (SSSR count). The lowest BCUT2D eigenvalue weighted by atomic mass is 9.88. The Hall–Kier alpha value is -1.10. The fraction of sp³-hybridized carbons (Fsp3) is 0.867. The Kier molecular flexibility index (Phi) is 3.96. The van der Waals surface area contributed by atoms with Crippen LogP contribution in [0.2, 0.25) is 0 Å². The molecule has 1 heterocycles. The number of ether oxygens (including phenoxy) is 1. The number of carbonyl (C=O) groups is 2. The van der Waals surface area contributed by atoms with Gasteiger partial charge < -0.3 is 15.2 Å². The average molecular weight is 281 g/mol. The Bertz CT molecular complexity index is 391. The maximum atomic E-state index is 12.1. The second-order valence-electron chi connectivity index (χ2n) is 6.44. The van der Waals surface area contributed by atoms with Crippen molar-refractivity contribution in [2.75, 3.05) is 6.54 Å². The number of amides is 1. The van der Waals surface area contributed by atoms with Crippen molar-refractivity contribution in [2.24, 2.45) is 17.8 Å². The zero-order valence-corrected chi connectivity index (χ0v) is 11.7. The van der Waals surface area contributed by atoms with Crippen LogP contribution in [0.1, 0.15) is 44.9 Å². The molecule has 0 spiro atoms. The molecule has 3 fully saturated rings. The van der Waals surface area contributed by atoms with Gasteiger partial charge in [-0.15, -0.1) is 0 Å². The summed E-state index contributed by atoms with van der Waals surface area (Å²) in [7, 11) is 0. The first-order valence-corrected chi connectivity index (χ1v) is 7.80. The highest BCUT2D eigenvalue weighted by atomic mass is 16.6. The summed E-state index contributed by atoms with van der Waals surface area (Å²) < 4.78 is 5.20. The van der Waals surface area contributed by atoms with Crippen molar-refractivity contribution >= 4 is 11.9 Å². The number of esters is 1. The smallest absolute Gasteiger partial charge is 0.306 e. The second kappa shape index (κ2) is 5.72. The van der Waals surface area contributed by atoms with Crippen LogP contribution in [0, 0.1) is 17.8 Å². The highest BCUT2D eigenvalue weighted by molar-refractivity contribution is 5.78. The van der Waals surface area contributed by atoms with Gasteiger partial charge in [-0.1, -0.05) is 19.3 Å². The summed E-state index contributed by atoms with van der Waals surface area (Å²) in [6.07, 6.45) is 5.74. The van der Waals surface area contributed by atoms with Gasteiger partial charge >= 0.3 is 5.97 Å². The first-order valence-electron chi connectivity index (χ1n) is 7.80. The number of rotatable bonds is 3. The standard InChI is InChI=1S/C15H23NO4/c17-12-7-13-10(6-14(18)20-13)11(12)8-16-15(19)9-4-2-1-3-5-9/h9-13,17H,1-8H2,(H,16,19)/t10-,11-,12-,13+/m1/s1. The Balaban J connectivity index is 1.52. The third-order valence-electron chi connectivity index (χ3n) is 5.17. The van der Waals surface area contributed by atoms with E-state index in [4.69, 9.17) is 4.74 Å². The van der Waals surface area contributed by atoms with Gasteiger partial charge in [0.2, 0.25) is 5.91 Å². The van der Waals surface area contributed by atoms with Crippen molar-refractivity contribution < 1.29 is 19.4 Å². The number of nitrogens with one attached hydrogen (secondary N) is 1. The zero-order valence-electron chi connectivity index (χ0n) is 11.7. The second-order valence-corrected chi connectivity index (χ2v) is 6.44. The van der Waals surface area contributed by atoms with Crippen LogP contribution in [0.15, 0.2) is 0 Å². The molecule has 2 saturated carbocycles. The first-order chi connectivity index (χ1) is 9.65. The molecule has 0 radical (unpaired) electrons. The van der Waals surface area contributed by atoms with Gasteiger partial charge in [0.25, 0.3) is 0 Å². The van der Waals surface area contributed by atoms with Gasteiger partial charge in [-0.2, -0.15) is 0 Å². The summed E-state index contributed by atoms with van der Waals surface area (Å²) in [6.45, 7) is 0.467. The van der Waals surface area contributed by atoms with Gasteiger partial charge in [0.15, 0.2) is 0 Å². The molecule has 2 N–H and O–H groups in total. The van der Waals surface area contributed by atoms with Crippen LogP contribution in [-0.4, -0.2) is 35.7 Å². The molecule has 20 heavy (non-hydrogen) atoms. The Labute approximate surface area is 119 Å². The van der Waals surface area contributed by atoms with E-state index in [9.17, 15) is 14.7 Å². The van der Waals surface area contributed by atoms with Crippen molar-refractivity contribution in [2.45, 2.75) is 57.2 Å². The molecule has 0 aromatic carbocycles. The van der Waals surface area contributed by atoms with E-state index in [-0.39, 0.29) is 35.7 Å². The van der Waals surface area contributed by atoms with E-state index in [1.54, 1.807) is 0 Å². The quantitative estimate of drug-likeness (QED) is 0.757. The van der Waals surface area contributed by atoms with E-state index >= 15 is 0 Å². The van der Waals surface area contributed by atoms with Crippen LogP contribution in [0.5, 0.6) is 0 Å². The summed E-state index contributed by atoms with van der Waals surface area (Å²) in [5.41, 5.74) is 0. The molecule has 5 nitrogen and oxygen atoms in total. The summed E-state index contributed by atoms with van der Waals surface area (Å²) in [6, 6.07) is 0. The number of hydrogen-bond acceptors (Lipinski definition) is 4. The van der Waals surface area contributed by atoms with E-state index in [1.807, 2.05) is 0 Å². The van der Waals surface area contributed by atoms with Crippen molar-refractivity contribution in [1.82, 2.24) is 5.32 Å². The van der Waals surface area contributed by atoms with Crippen molar-refractivity contribution in [3.05, 3.63) is 0 Å². The van der Waals surface area contributed by atoms with Crippen molar-refractivity contribution in [3.63, 3.8) is 0 Å². The maximum absolute atomic E-state index is 12.1. The minimum Gasteiger partial charge on any atom is -0.462 e. The molecule has 3 aliphatic rings. The Morgan fingerprint density at radius 3 is 2.80 bits per heavy atom. The number of fused-ring (bicyclic) bond motifs is 1. The summed E-state index contributed by atoms with van der Waals surface area (Å²) in [5.74, 6) is 0.115. The summed E-state index contributed by atoms with van der Waals surface area (Å²) >= 11 is 0. The number of hydrogen-bond donors (Lipinski definition) is 2. The molecular formula is C15H23NO4. The number of aliphatic hydroxyl groups is 1. The van der Waals surface area contributed by atoms with Gasteiger partial charge in [0.05, 0.1) is 12.5 Å². The largest absolute Gasteiger partial charge is 0.462 e. The van der Waals surface area contributed by atoms with Gasteiger partial charge in [-0.05, 0) is 12.8 Å². The molecule has 2 aliphatic carbocycles. The molecule has 0 bridgehead atoms. The van der Waals surface area contributed by atoms with Gasteiger partial charge in [0.1, 0.15) is 6.10 Å². The van der Waals surface area contributed by atoms with Crippen LogP contribution < -0.4 is 5.32 Å². The minimum atomic E-state index is -0.468. The predicted octanol–water partition coefficient (Wildman–Crippen LogP) is 0.995. The van der Waals surface area contributed by atoms with Crippen LogP contribution >= 0.6 is 0 Å². The minimum absolute atomic E-state index is 0.0426. The first kappa shape index (κ1) is 13.9. The predicted molar refractivity (Wildman–Crippen MR) is 71.7 cm³/mol. The Morgan fingerprint density at radius 2 is 2.05 bits per heavy atom. The lowest BCUT2D eigenvalue weighted by Crippen LogP contribution is -2.39. The number of carbonyl (C=O) groups excluding carboxylic acids is 2. The topological polar surface area (TPSA) is 75.6 Å². The molecule has 0 unspecified atom stereocenters. The molecule has 1 saturated heterocycles. The third-order valence-corrected chi connectivity index (χ3v) is 5.17. The highest BCUT2D eigenvalue weighted by Crippen LogP contribution is 2.41. The lowest BCUT2D eigenvalue weighted by Gasteiger charge is -2.24. The van der Waals surface area contributed by atoms with E-state index in [0.29, 0.717) is 19.4 Å². The Morgan fingerprint density at radius 1 is 1.30 bits per heavy atom. The van der Waals surface area contributed by atoms with Gasteiger partial charge in [0, 0.05) is 30.7 Å². The van der Waals surface area contributed by atoms with Crippen LogP contribution in [0.25, 0.3) is 0 Å². The van der Waals surface area contributed by atoms with E-state index in [0.717, 1.165) is 25.7 Å². The fourth-order valence-corrected chi connectivity index (χ4v) is 3.99. The third kappa shape index (κ3) is 2.68. The van der Waals surface area contributed by atoms with Gasteiger partial charge in [-0.25, -0.2) is 0 Å². The van der Waals surface area contributed by atoms with Crippen molar-refractivity contribution in [3.8, 4) is 0 Å². The molecule has 0 aromatic rings. The molecule has 5 heteroatoms. The normalized spacial score (nSPS) is 37.5. The summed E-state index contributed by atoms with van der Waals surface area (Å²) in [4.78, 5) is 23.4. The molecule has 1 aliphatic heterocycles. The maximum Gasteiger partial charge on any atom is 0.306 e. The van der Waals surface area contributed by atoms with Crippen molar-refractivity contribution in [1.29, 1.82) is 0 Å². The SMILES string of the molecule is O=C1C[C@@H]2[C@@H](CNC(=O)C3CCCCC3)[C@H](O)C[C@@H]2O1. The fourth-order valence-electron chi connectivity index (χ4n) is 3.99. The van der Waals surface area contributed by atoms with Crippen LogP contribution in [0.3, 0.4) is 0 Å². The van der Waals surface area contributed by atoms with E-state index in [1.165, 1.54) is 6.42 Å². The molecule has 112 valence electrons. The molecule has 0 aromatic heterocycles. The van der Waals surface area contributed by atoms with Gasteiger partial charge in [-0.3, -0.25) is 9.59 Å².